The van der Waals surface area contributed by atoms with Crippen molar-refractivity contribution in [3.8, 4) is 0 Å². The minimum absolute atomic E-state index is 0.0105. The highest BCUT2D eigenvalue weighted by Crippen LogP contribution is 2.19. The maximum Gasteiger partial charge on any atom is 0.332 e. The molecule has 0 saturated heterocycles. The fourth-order valence-corrected chi connectivity index (χ4v) is 2.03. The first-order valence-corrected chi connectivity index (χ1v) is 7.39. The maximum absolute atomic E-state index is 11.8. The molecular formula is C15H20N2O7. The van der Waals surface area contributed by atoms with Crippen molar-refractivity contribution >= 4 is 5.97 Å². The van der Waals surface area contributed by atoms with Gasteiger partial charge < -0.3 is 18.9 Å². The van der Waals surface area contributed by atoms with E-state index in [0.717, 1.165) is 0 Å². The van der Waals surface area contributed by atoms with Gasteiger partial charge in [-0.2, -0.15) is 0 Å². The van der Waals surface area contributed by atoms with Crippen LogP contribution in [0.5, 0.6) is 0 Å². The van der Waals surface area contributed by atoms with Crippen molar-refractivity contribution in [1.82, 2.24) is 9.55 Å². The van der Waals surface area contributed by atoms with Gasteiger partial charge in [0, 0.05) is 18.9 Å². The summed E-state index contributed by atoms with van der Waals surface area (Å²) in [6, 6.07) is 0. The molecule has 24 heavy (non-hydrogen) atoms. The lowest BCUT2D eigenvalue weighted by atomic mass is 10.3. The van der Waals surface area contributed by atoms with Crippen molar-refractivity contribution < 1.29 is 23.7 Å². The molecule has 1 N–H and O–H groups in total. The van der Waals surface area contributed by atoms with E-state index in [-0.39, 0.29) is 13.2 Å². The summed E-state index contributed by atoms with van der Waals surface area (Å²) in [4.78, 5) is 36.9. The Balaban J connectivity index is 1.81. The van der Waals surface area contributed by atoms with Crippen LogP contribution in [-0.4, -0.2) is 55.2 Å². The predicted molar refractivity (Wildman–Crippen MR) is 82.8 cm³/mol. The van der Waals surface area contributed by atoms with Gasteiger partial charge in [-0.1, -0.05) is 6.08 Å². The van der Waals surface area contributed by atoms with E-state index >= 15 is 0 Å². The first-order valence-electron chi connectivity index (χ1n) is 7.39. The van der Waals surface area contributed by atoms with Crippen LogP contribution >= 0.6 is 0 Å². The molecule has 2 atom stereocenters. The Labute approximate surface area is 137 Å². The Kier molecular flexibility index (Phi) is 6.47. The SMILES string of the molecule is COCCOCC(=O)OCC1C=CC(n2cc(C)c(=O)[nH]c2=O)O1. The third kappa shape index (κ3) is 4.88. The molecule has 0 aliphatic carbocycles. The highest BCUT2D eigenvalue weighted by atomic mass is 16.6. The molecule has 2 heterocycles. The topological polar surface area (TPSA) is 109 Å². The van der Waals surface area contributed by atoms with Gasteiger partial charge in [-0.25, -0.2) is 9.59 Å². The molecule has 0 bridgehead atoms. The predicted octanol–water partition coefficient (Wildman–Crippen LogP) is -0.495. The number of hydrogen-bond acceptors (Lipinski definition) is 7. The lowest BCUT2D eigenvalue weighted by molar-refractivity contribution is -0.153. The van der Waals surface area contributed by atoms with Gasteiger partial charge in [0.25, 0.3) is 5.56 Å². The van der Waals surface area contributed by atoms with Crippen molar-refractivity contribution in [1.29, 1.82) is 0 Å². The molecule has 0 aromatic carbocycles. The number of aromatic amines is 1. The second kappa shape index (κ2) is 8.57. The zero-order valence-electron chi connectivity index (χ0n) is 13.5. The van der Waals surface area contributed by atoms with Crippen molar-refractivity contribution in [2.75, 3.05) is 33.5 Å². The monoisotopic (exact) mass is 340 g/mol. The van der Waals surface area contributed by atoms with E-state index in [0.29, 0.717) is 18.8 Å². The van der Waals surface area contributed by atoms with Crippen molar-refractivity contribution in [2.24, 2.45) is 0 Å². The Morgan fingerprint density at radius 2 is 2.12 bits per heavy atom. The number of ether oxygens (including phenoxy) is 4. The number of aromatic nitrogens is 2. The largest absolute Gasteiger partial charge is 0.461 e. The molecule has 1 aliphatic rings. The lowest BCUT2D eigenvalue weighted by Crippen LogP contribution is -2.33. The molecule has 1 aromatic heterocycles. The number of nitrogens with one attached hydrogen (secondary N) is 1. The van der Waals surface area contributed by atoms with E-state index < -0.39 is 29.6 Å². The number of nitrogens with zero attached hydrogens (tertiary/aromatic N) is 1. The molecule has 9 nitrogen and oxygen atoms in total. The van der Waals surface area contributed by atoms with Gasteiger partial charge in [-0.05, 0) is 13.0 Å². The molecule has 0 saturated carbocycles. The second-order valence-corrected chi connectivity index (χ2v) is 5.16. The van der Waals surface area contributed by atoms with Crippen molar-refractivity contribution in [3.63, 3.8) is 0 Å². The van der Waals surface area contributed by atoms with Gasteiger partial charge in [0.1, 0.15) is 19.3 Å². The molecule has 0 amide bonds. The van der Waals surface area contributed by atoms with Gasteiger partial charge in [0.2, 0.25) is 0 Å². The molecule has 0 radical (unpaired) electrons. The van der Waals surface area contributed by atoms with Crippen molar-refractivity contribution in [2.45, 2.75) is 19.3 Å². The number of carbonyl (C=O) groups is 1. The molecular weight excluding hydrogens is 320 g/mol. The number of esters is 1. The fraction of sp³-hybridized carbons (Fsp3) is 0.533. The molecule has 2 rings (SSSR count). The zero-order valence-corrected chi connectivity index (χ0v) is 13.5. The lowest BCUT2D eigenvalue weighted by Gasteiger charge is -2.16. The van der Waals surface area contributed by atoms with Gasteiger partial charge in [-0.3, -0.25) is 14.3 Å². The Morgan fingerprint density at radius 1 is 1.33 bits per heavy atom. The Bertz CT molecular complexity index is 707. The first kappa shape index (κ1) is 18.1. The summed E-state index contributed by atoms with van der Waals surface area (Å²) >= 11 is 0. The second-order valence-electron chi connectivity index (χ2n) is 5.16. The molecule has 0 fully saturated rings. The van der Waals surface area contributed by atoms with Crippen LogP contribution in [0.2, 0.25) is 0 Å². The van der Waals surface area contributed by atoms with Gasteiger partial charge in [0.15, 0.2) is 6.23 Å². The molecule has 2 unspecified atom stereocenters. The van der Waals surface area contributed by atoms with Gasteiger partial charge in [-0.15, -0.1) is 0 Å². The summed E-state index contributed by atoms with van der Waals surface area (Å²) in [5.74, 6) is -0.511. The van der Waals surface area contributed by atoms with Gasteiger partial charge >= 0.3 is 11.7 Å². The Hall–Kier alpha value is -2.23. The summed E-state index contributed by atoms with van der Waals surface area (Å²) in [6.07, 6.45) is 3.64. The number of rotatable bonds is 8. The number of aryl methyl sites for hydroxylation is 1. The average molecular weight is 340 g/mol. The molecule has 9 heteroatoms. The number of hydrogen-bond donors (Lipinski definition) is 1. The maximum atomic E-state index is 11.8. The number of methoxy groups -OCH3 is 1. The van der Waals surface area contributed by atoms with Crippen LogP contribution in [0.3, 0.4) is 0 Å². The van der Waals surface area contributed by atoms with E-state index in [1.54, 1.807) is 19.1 Å². The van der Waals surface area contributed by atoms with Crippen LogP contribution in [0.4, 0.5) is 0 Å². The fourth-order valence-electron chi connectivity index (χ4n) is 2.03. The molecule has 132 valence electrons. The average Bonchev–Trinajstić information content (AvgIpc) is 3.02. The van der Waals surface area contributed by atoms with Crippen LogP contribution in [0.15, 0.2) is 27.9 Å². The zero-order chi connectivity index (χ0) is 17.5. The van der Waals surface area contributed by atoms with Gasteiger partial charge in [0.05, 0.1) is 13.2 Å². The minimum Gasteiger partial charge on any atom is -0.461 e. The van der Waals surface area contributed by atoms with Crippen LogP contribution in [0.25, 0.3) is 0 Å². The van der Waals surface area contributed by atoms with Crippen LogP contribution < -0.4 is 11.2 Å². The Morgan fingerprint density at radius 3 is 2.88 bits per heavy atom. The normalized spacial score (nSPS) is 19.6. The molecule has 1 aliphatic heterocycles. The van der Waals surface area contributed by atoms with Crippen molar-refractivity contribution in [3.05, 3.63) is 44.8 Å². The first-order chi connectivity index (χ1) is 11.5. The summed E-state index contributed by atoms with van der Waals surface area (Å²) in [5.41, 5.74) is -0.601. The van der Waals surface area contributed by atoms with E-state index in [2.05, 4.69) is 4.98 Å². The van der Waals surface area contributed by atoms with E-state index in [1.165, 1.54) is 17.9 Å². The molecule has 0 spiro atoms. The standard InChI is InChI=1S/C15H20N2O7/c1-10-7-17(15(20)16-14(10)19)12-4-3-11(24-12)8-23-13(18)9-22-6-5-21-2/h3-4,7,11-12H,5-6,8-9H2,1-2H3,(H,16,19,20). The third-order valence-corrected chi connectivity index (χ3v) is 3.28. The van der Waals surface area contributed by atoms with E-state index in [1.807, 2.05) is 0 Å². The number of carbonyl (C=O) groups excluding carboxylic acids is 1. The van der Waals surface area contributed by atoms with E-state index in [4.69, 9.17) is 18.9 Å². The summed E-state index contributed by atoms with van der Waals surface area (Å²) in [5, 5.41) is 0. The van der Waals surface area contributed by atoms with Crippen LogP contribution in [0.1, 0.15) is 11.8 Å². The summed E-state index contributed by atoms with van der Waals surface area (Å²) in [6.45, 7) is 2.15. The number of H-pyrrole nitrogens is 1. The summed E-state index contributed by atoms with van der Waals surface area (Å²) in [7, 11) is 1.54. The summed E-state index contributed by atoms with van der Waals surface area (Å²) < 4.78 is 21.7. The third-order valence-electron chi connectivity index (χ3n) is 3.28. The quantitative estimate of drug-likeness (QED) is 0.386. The van der Waals surface area contributed by atoms with Crippen LogP contribution in [-0.2, 0) is 23.7 Å². The van der Waals surface area contributed by atoms with E-state index in [9.17, 15) is 14.4 Å². The minimum atomic E-state index is -0.658. The van der Waals surface area contributed by atoms with Crippen LogP contribution in [0, 0.1) is 6.92 Å². The molecule has 1 aromatic rings. The highest BCUT2D eigenvalue weighted by molar-refractivity contribution is 5.70. The smallest absolute Gasteiger partial charge is 0.332 e. The highest BCUT2D eigenvalue weighted by Gasteiger charge is 2.23.